The van der Waals surface area contributed by atoms with E-state index in [9.17, 15) is 4.79 Å². The third-order valence-electron chi connectivity index (χ3n) is 5.96. The molecule has 3 fully saturated rings. The molecule has 2 aliphatic heterocycles. The second-order valence-corrected chi connectivity index (χ2v) is 7.67. The first-order valence-electron chi connectivity index (χ1n) is 9.26. The molecule has 0 aromatic carbocycles. The summed E-state index contributed by atoms with van der Waals surface area (Å²) in [6.45, 7) is 6.09. The van der Waals surface area contributed by atoms with Gasteiger partial charge in [-0.3, -0.25) is 9.69 Å². The van der Waals surface area contributed by atoms with E-state index in [0.717, 1.165) is 25.6 Å². The maximum Gasteiger partial charge on any atom is 0.236 e. The molecule has 0 aromatic rings. The molecular formula is C18H32N2O. The van der Waals surface area contributed by atoms with Gasteiger partial charge in [0.25, 0.3) is 0 Å². The molecule has 2 atom stereocenters. The van der Waals surface area contributed by atoms with Gasteiger partial charge in [0.1, 0.15) is 0 Å². The zero-order valence-electron chi connectivity index (χ0n) is 13.7. The predicted octanol–water partition coefficient (Wildman–Crippen LogP) is 3.29. The van der Waals surface area contributed by atoms with Crippen molar-refractivity contribution in [2.45, 2.75) is 70.8 Å². The Bertz CT molecular complexity index is 351. The van der Waals surface area contributed by atoms with E-state index in [0.29, 0.717) is 24.4 Å². The monoisotopic (exact) mass is 292 g/mol. The van der Waals surface area contributed by atoms with E-state index >= 15 is 0 Å². The summed E-state index contributed by atoms with van der Waals surface area (Å²) in [6, 6.07) is 0.705. The van der Waals surface area contributed by atoms with Gasteiger partial charge in [-0.1, -0.05) is 26.2 Å². The molecule has 1 amide bonds. The van der Waals surface area contributed by atoms with Crippen LogP contribution in [0.5, 0.6) is 0 Å². The third-order valence-corrected chi connectivity index (χ3v) is 5.96. The molecule has 0 N–H and O–H groups in total. The van der Waals surface area contributed by atoms with Gasteiger partial charge in [0.2, 0.25) is 5.91 Å². The average molecular weight is 292 g/mol. The van der Waals surface area contributed by atoms with E-state index in [-0.39, 0.29) is 0 Å². The second-order valence-electron chi connectivity index (χ2n) is 7.67. The van der Waals surface area contributed by atoms with E-state index in [4.69, 9.17) is 0 Å². The van der Waals surface area contributed by atoms with Crippen LogP contribution in [-0.4, -0.2) is 47.9 Å². The molecule has 0 radical (unpaired) electrons. The normalized spacial score (nSPS) is 32.5. The molecule has 1 aliphatic carbocycles. The minimum atomic E-state index is 0.393. The summed E-state index contributed by atoms with van der Waals surface area (Å²) < 4.78 is 0. The van der Waals surface area contributed by atoms with Gasteiger partial charge in [-0.2, -0.15) is 0 Å². The Hall–Kier alpha value is -0.570. The van der Waals surface area contributed by atoms with Crippen LogP contribution in [-0.2, 0) is 4.79 Å². The Morgan fingerprint density at radius 3 is 2.48 bits per heavy atom. The van der Waals surface area contributed by atoms with E-state index in [1.165, 1.54) is 57.8 Å². The lowest BCUT2D eigenvalue weighted by Gasteiger charge is -2.36. The predicted molar refractivity (Wildman–Crippen MR) is 86.1 cm³/mol. The molecule has 3 heteroatoms. The van der Waals surface area contributed by atoms with Crippen LogP contribution in [0.1, 0.15) is 64.7 Å². The fourth-order valence-electron chi connectivity index (χ4n) is 4.79. The summed E-state index contributed by atoms with van der Waals surface area (Å²) in [5, 5.41) is 0. The van der Waals surface area contributed by atoms with Gasteiger partial charge in [0.05, 0.1) is 6.54 Å². The summed E-state index contributed by atoms with van der Waals surface area (Å²) in [7, 11) is 0. The van der Waals surface area contributed by atoms with Crippen molar-refractivity contribution in [3.63, 3.8) is 0 Å². The van der Waals surface area contributed by atoms with Crippen molar-refractivity contribution in [3.8, 4) is 0 Å². The van der Waals surface area contributed by atoms with Crippen LogP contribution in [0.4, 0.5) is 0 Å². The Labute approximate surface area is 130 Å². The van der Waals surface area contributed by atoms with Gasteiger partial charge in [-0.25, -0.2) is 0 Å². The van der Waals surface area contributed by atoms with Gasteiger partial charge in [0, 0.05) is 19.1 Å². The highest BCUT2D eigenvalue weighted by molar-refractivity contribution is 5.78. The van der Waals surface area contributed by atoms with Gasteiger partial charge in [0.15, 0.2) is 0 Å². The van der Waals surface area contributed by atoms with E-state index < -0.39 is 0 Å². The fraction of sp³-hybridized carbons (Fsp3) is 0.944. The van der Waals surface area contributed by atoms with Gasteiger partial charge < -0.3 is 4.90 Å². The summed E-state index contributed by atoms with van der Waals surface area (Å²) in [5.74, 6) is 1.95. The first-order chi connectivity index (χ1) is 10.2. The summed E-state index contributed by atoms with van der Waals surface area (Å²) >= 11 is 0. The number of hydrogen-bond donors (Lipinski definition) is 0. The number of piperidine rings is 1. The minimum Gasteiger partial charge on any atom is -0.341 e. The summed E-state index contributed by atoms with van der Waals surface area (Å²) in [5.41, 5.74) is 0. The largest absolute Gasteiger partial charge is 0.341 e. The highest BCUT2D eigenvalue weighted by Crippen LogP contribution is 2.34. The van der Waals surface area contributed by atoms with E-state index in [1.54, 1.807) is 0 Å². The Kier molecular flexibility index (Phi) is 5.20. The Balaban J connectivity index is 1.54. The minimum absolute atomic E-state index is 0.393. The van der Waals surface area contributed by atoms with Crippen molar-refractivity contribution in [2.24, 2.45) is 11.8 Å². The molecule has 21 heavy (non-hydrogen) atoms. The number of likely N-dealkylation sites (tertiary alicyclic amines) is 2. The molecule has 0 bridgehead atoms. The number of carbonyl (C=O) groups excluding carboxylic acids is 1. The van der Waals surface area contributed by atoms with Crippen molar-refractivity contribution in [2.75, 3.05) is 26.2 Å². The van der Waals surface area contributed by atoms with Gasteiger partial charge in [-0.15, -0.1) is 0 Å². The van der Waals surface area contributed by atoms with Crippen molar-refractivity contribution >= 4 is 5.91 Å². The first-order valence-corrected chi connectivity index (χ1v) is 9.26. The average Bonchev–Trinajstić information content (AvgIpc) is 2.96. The molecule has 3 aliphatic rings. The highest BCUT2D eigenvalue weighted by Gasteiger charge is 2.34. The van der Waals surface area contributed by atoms with Gasteiger partial charge >= 0.3 is 0 Å². The number of rotatable bonds is 3. The number of carbonyl (C=O) groups is 1. The van der Waals surface area contributed by atoms with Crippen LogP contribution in [0.25, 0.3) is 0 Å². The molecule has 3 rings (SSSR count). The van der Waals surface area contributed by atoms with E-state index in [1.807, 2.05) is 0 Å². The van der Waals surface area contributed by atoms with E-state index in [2.05, 4.69) is 16.7 Å². The second kappa shape index (κ2) is 7.13. The Morgan fingerprint density at radius 2 is 1.71 bits per heavy atom. The smallest absolute Gasteiger partial charge is 0.236 e. The van der Waals surface area contributed by atoms with Crippen LogP contribution in [0.2, 0.25) is 0 Å². The molecule has 0 aromatic heterocycles. The number of hydrogen-bond acceptors (Lipinski definition) is 2. The van der Waals surface area contributed by atoms with Crippen LogP contribution < -0.4 is 0 Å². The molecule has 120 valence electrons. The molecule has 2 heterocycles. The molecule has 3 nitrogen and oxygen atoms in total. The molecular weight excluding hydrogens is 260 g/mol. The van der Waals surface area contributed by atoms with Crippen molar-refractivity contribution in [1.29, 1.82) is 0 Å². The van der Waals surface area contributed by atoms with Crippen LogP contribution >= 0.6 is 0 Å². The summed E-state index contributed by atoms with van der Waals surface area (Å²) in [4.78, 5) is 17.3. The summed E-state index contributed by atoms with van der Waals surface area (Å²) in [6.07, 6.45) is 12.1. The van der Waals surface area contributed by atoms with Crippen molar-refractivity contribution in [3.05, 3.63) is 0 Å². The lowest BCUT2D eigenvalue weighted by atomic mass is 9.83. The molecule has 2 saturated heterocycles. The lowest BCUT2D eigenvalue weighted by Crippen LogP contribution is -2.47. The lowest BCUT2D eigenvalue weighted by molar-refractivity contribution is -0.134. The van der Waals surface area contributed by atoms with Crippen molar-refractivity contribution < 1.29 is 4.79 Å². The first kappa shape index (κ1) is 15.3. The fourth-order valence-corrected chi connectivity index (χ4v) is 4.79. The zero-order valence-corrected chi connectivity index (χ0v) is 13.7. The maximum absolute atomic E-state index is 12.6. The highest BCUT2D eigenvalue weighted by atomic mass is 16.2. The zero-order chi connectivity index (χ0) is 14.7. The Morgan fingerprint density at radius 1 is 0.952 bits per heavy atom. The number of nitrogens with zero attached hydrogens (tertiary/aromatic N) is 2. The van der Waals surface area contributed by atoms with Gasteiger partial charge in [-0.05, 0) is 56.9 Å². The molecule has 1 saturated carbocycles. The SMILES string of the molecule is C[C@H]1CCCN(C(=O)CN2CCC[C@H]2C2CCCCC2)C1. The quantitative estimate of drug-likeness (QED) is 0.797. The molecule has 0 unspecified atom stereocenters. The maximum atomic E-state index is 12.6. The van der Waals surface area contributed by atoms with Crippen molar-refractivity contribution in [1.82, 2.24) is 9.80 Å². The standard InChI is InChI=1S/C18H32N2O/c1-15-7-5-12-20(13-15)18(21)14-19-11-6-10-17(19)16-8-3-2-4-9-16/h15-17H,2-14H2,1H3/t15-,17-/m0/s1. The third kappa shape index (κ3) is 3.80. The topological polar surface area (TPSA) is 23.6 Å². The van der Waals surface area contributed by atoms with Crippen LogP contribution in [0.3, 0.4) is 0 Å². The number of amides is 1. The van der Waals surface area contributed by atoms with Crippen LogP contribution in [0.15, 0.2) is 0 Å². The van der Waals surface area contributed by atoms with Crippen LogP contribution in [0, 0.1) is 11.8 Å². The molecule has 0 spiro atoms.